The molecular weight excluding hydrogens is 320 g/mol. The lowest BCUT2D eigenvalue weighted by atomic mass is 10.1. The number of para-hydroxylation sites is 1. The molecule has 0 atom stereocenters. The molecule has 5 heteroatoms. The van der Waals surface area contributed by atoms with Crippen molar-refractivity contribution in [3.05, 3.63) is 52.2 Å². The summed E-state index contributed by atoms with van der Waals surface area (Å²) in [6.07, 6.45) is 0.173. The highest BCUT2D eigenvalue weighted by Gasteiger charge is 2.23. The summed E-state index contributed by atoms with van der Waals surface area (Å²) in [5, 5.41) is 1.95. The second kappa shape index (κ2) is 7.81. The fourth-order valence-corrected chi connectivity index (χ4v) is 3.60. The molecule has 0 radical (unpaired) electrons. The van der Waals surface area contributed by atoms with Crippen molar-refractivity contribution in [3.8, 4) is 5.75 Å². The van der Waals surface area contributed by atoms with Crippen LogP contribution in [0.15, 0.2) is 41.8 Å². The maximum Gasteiger partial charge on any atom is 0.264 e. The molecule has 1 aliphatic heterocycles. The van der Waals surface area contributed by atoms with Crippen LogP contribution in [0.3, 0.4) is 0 Å². The maximum atomic E-state index is 12.4. The largest absolute Gasteiger partial charge is 0.491 e. The SMILES string of the molecule is CC(C)Oc1ccccc1CN1CCN(C(=O)c2cccs2)CC1. The van der Waals surface area contributed by atoms with Crippen LogP contribution in [0.2, 0.25) is 0 Å². The molecule has 1 saturated heterocycles. The minimum Gasteiger partial charge on any atom is -0.491 e. The van der Waals surface area contributed by atoms with Crippen molar-refractivity contribution in [2.45, 2.75) is 26.5 Å². The number of hydrogen-bond donors (Lipinski definition) is 0. The number of benzene rings is 1. The van der Waals surface area contributed by atoms with Gasteiger partial charge in [0, 0.05) is 38.3 Å². The fourth-order valence-electron chi connectivity index (χ4n) is 2.91. The normalized spacial score (nSPS) is 15.7. The number of piperazine rings is 1. The van der Waals surface area contributed by atoms with Gasteiger partial charge >= 0.3 is 0 Å². The molecule has 1 aromatic carbocycles. The first-order valence-electron chi connectivity index (χ1n) is 8.43. The van der Waals surface area contributed by atoms with Crippen LogP contribution in [0.4, 0.5) is 0 Å². The Morgan fingerprint density at radius 1 is 1.12 bits per heavy atom. The highest BCUT2D eigenvalue weighted by molar-refractivity contribution is 7.12. The van der Waals surface area contributed by atoms with Gasteiger partial charge in [-0.25, -0.2) is 0 Å². The average Bonchev–Trinajstić information content (AvgIpc) is 3.11. The van der Waals surface area contributed by atoms with Gasteiger partial charge in [-0.1, -0.05) is 24.3 Å². The van der Waals surface area contributed by atoms with Crippen LogP contribution in [-0.2, 0) is 6.54 Å². The van der Waals surface area contributed by atoms with Gasteiger partial charge in [-0.05, 0) is 31.4 Å². The Morgan fingerprint density at radius 3 is 2.54 bits per heavy atom. The lowest BCUT2D eigenvalue weighted by molar-refractivity contribution is 0.0631. The predicted octanol–water partition coefficient (Wildman–Crippen LogP) is 3.49. The van der Waals surface area contributed by atoms with Crippen LogP contribution >= 0.6 is 11.3 Å². The molecule has 0 spiro atoms. The lowest BCUT2D eigenvalue weighted by Gasteiger charge is -2.34. The minimum absolute atomic E-state index is 0.160. The lowest BCUT2D eigenvalue weighted by Crippen LogP contribution is -2.48. The number of ether oxygens (including phenoxy) is 1. The average molecular weight is 344 g/mol. The number of amides is 1. The van der Waals surface area contributed by atoms with Crippen molar-refractivity contribution in [1.82, 2.24) is 9.80 Å². The Labute approximate surface area is 147 Å². The van der Waals surface area contributed by atoms with Gasteiger partial charge in [-0.2, -0.15) is 0 Å². The molecule has 1 aliphatic rings. The van der Waals surface area contributed by atoms with Crippen molar-refractivity contribution in [2.75, 3.05) is 26.2 Å². The van der Waals surface area contributed by atoms with E-state index >= 15 is 0 Å². The second-order valence-corrected chi connectivity index (χ2v) is 7.27. The Hall–Kier alpha value is -1.85. The summed E-state index contributed by atoms with van der Waals surface area (Å²) in [5.74, 6) is 1.12. The number of carbonyl (C=O) groups excluding carboxylic acids is 1. The highest BCUT2D eigenvalue weighted by Crippen LogP contribution is 2.22. The molecule has 0 unspecified atom stereocenters. The zero-order chi connectivity index (χ0) is 16.9. The van der Waals surface area contributed by atoms with E-state index in [1.165, 1.54) is 16.9 Å². The number of nitrogens with zero attached hydrogens (tertiary/aromatic N) is 2. The van der Waals surface area contributed by atoms with Gasteiger partial charge < -0.3 is 9.64 Å². The minimum atomic E-state index is 0.160. The maximum absolute atomic E-state index is 12.4. The van der Waals surface area contributed by atoms with E-state index in [1.807, 2.05) is 48.4 Å². The topological polar surface area (TPSA) is 32.8 Å². The summed E-state index contributed by atoms with van der Waals surface area (Å²) in [6, 6.07) is 12.1. The summed E-state index contributed by atoms with van der Waals surface area (Å²) in [6.45, 7) is 8.32. The number of rotatable bonds is 5. The zero-order valence-electron chi connectivity index (χ0n) is 14.3. The monoisotopic (exact) mass is 344 g/mol. The standard InChI is InChI=1S/C19H24N2O2S/c1-15(2)23-17-7-4-3-6-16(17)14-20-9-11-21(12-10-20)19(22)18-8-5-13-24-18/h3-8,13,15H,9-12,14H2,1-2H3. The van der Waals surface area contributed by atoms with Crippen molar-refractivity contribution in [1.29, 1.82) is 0 Å². The molecule has 0 aliphatic carbocycles. The van der Waals surface area contributed by atoms with Crippen LogP contribution in [0.5, 0.6) is 5.75 Å². The van der Waals surface area contributed by atoms with Gasteiger partial charge in [0.05, 0.1) is 11.0 Å². The summed E-state index contributed by atoms with van der Waals surface area (Å²) < 4.78 is 5.91. The van der Waals surface area contributed by atoms with E-state index in [9.17, 15) is 4.79 Å². The van der Waals surface area contributed by atoms with Gasteiger partial charge in [-0.15, -0.1) is 11.3 Å². The van der Waals surface area contributed by atoms with Crippen molar-refractivity contribution >= 4 is 17.2 Å². The fraction of sp³-hybridized carbons (Fsp3) is 0.421. The summed E-state index contributed by atoms with van der Waals surface area (Å²) in [5.41, 5.74) is 1.21. The Balaban J connectivity index is 1.57. The second-order valence-electron chi connectivity index (χ2n) is 6.32. The molecule has 0 bridgehead atoms. The van der Waals surface area contributed by atoms with E-state index in [1.54, 1.807) is 0 Å². The third-order valence-electron chi connectivity index (χ3n) is 4.12. The molecule has 1 fully saturated rings. The van der Waals surface area contributed by atoms with E-state index < -0.39 is 0 Å². The van der Waals surface area contributed by atoms with Crippen LogP contribution in [0.1, 0.15) is 29.1 Å². The molecule has 4 nitrogen and oxygen atoms in total. The van der Waals surface area contributed by atoms with Crippen LogP contribution in [-0.4, -0.2) is 48.0 Å². The van der Waals surface area contributed by atoms with Crippen molar-refractivity contribution in [2.24, 2.45) is 0 Å². The number of hydrogen-bond acceptors (Lipinski definition) is 4. The first-order valence-corrected chi connectivity index (χ1v) is 9.31. The molecule has 128 valence electrons. The van der Waals surface area contributed by atoms with E-state index in [2.05, 4.69) is 17.0 Å². The molecular formula is C19H24N2O2S. The first kappa shape index (κ1) is 17.0. The highest BCUT2D eigenvalue weighted by atomic mass is 32.1. The van der Waals surface area contributed by atoms with E-state index in [0.717, 1.165) is 43.4 Å². The predicted molar refractivity (Wildman–Crippen MR) is 97.7 cm³/mol. The summed E-state index contributed by atoms with van der Waals surface area (Å²) >= 11 is 1.51. The molecule has 2 heterocycles. The third-order valence-corrected chi connectivity index (χ3v) is 4.98. The smallest absolute Gasteiger partial charge is 0.264 e. The van der Waals surface area contributed by atoms with E-state index in [-0.39, 0.29) is 12.0 Å². The first-order chi connectivity index (χ1) is 11.6. The molecule has 3 rings (SSSR count). The molecule has 24 heavy (non-hydrogen) atoms. The van der Waals surface area contributed by atoms with Crippen LogP contribution in [0, 0.1) is 0 Å². The van der Waals surface area contributed by atoms with Gasteiger partial charge in [0.1, 0.15) is 5.75 Å². The van der Waals surface area contributed by atoms with E-state index in [4.69, 9.17) is 4.74 Å². The van der Waals surface area contributed by atoms with Crippen molar-refractivity contribution in [3.63, 3.8) is 0 Å². The Bertz CT molecular complexity index is 662. The third kappa shape index (κ3) is 4.16. The van der Waals surface area contributed by atoms with Gasteiger partial charge in [0.25, 0.3) is 5.91 Å². The summed E-state index contributed by atoms with van der Waals surface area (Å²) in [7, 11) is 0. The molecule has 0 N–H and O–H groups in total. The van der Waals surface area contributed by atoms with Crippen LogP contribution < -0.4 is 4.74 Å². The number of thiophene rings is 1. The quantitative estimate of drug-likeness (QED) is 0.832. The zero-order valence-corrected chi connectivity index (χ0v) is 15.1. The van der Waals surface area contributed by atoms with Crippen LogP contribution in [0.25, 0.3) is 0 Å². The van der Waals surface area contributed by atoms with Crippen molar-refractivity contribution < 1.29 is 9.53 Å². The number of carbonyl (C=O) groups is 1. The molecule has 0 saturated carbocycles. The van der Waals surface area contributed by atoms with E-state index in [0.29, 0.717) is 0 Å². The van der Waals surface area contributed by atoms with Gasteiger partial charge in [-0.3, -0.25) is 9.69 Å². The Morgan fingerprint density at radius 2 is 1.88 bits per heavy atom. The molecule has 1 aromatic heterocycles. The van der Waals surface area contributed by atoms with Gasteiger partial charge in [0.2, 0.25) is 0 Å². The Kier molecular flexibility index (Phi) is 5.53. The summed E-state index contributed by atoms with van der Waals surface area (Å²) in [4.78, 5) is 17.6. The molecule has 2 aromatic rings. The van der Waals surface area contributed by atoms with Gasteiger partial charge in [0.15, 0.2) is 0 Å². The molecule has 1 amide bonds.